The van der Waals surface area contributed by atoms with Crippen molar-refractivity contribution in [3.05, 3.63) is 12.7 Å². The van der Waals surface area contributed by atoms with Crippen LogP contribution in [-0.4, -0.2) is 29.3 Å². The molecular weight excluding hydrogens is 258 g/mol. The number of allylic oxidation sites excluding steroid dienone is 1. The van der Waals surface area contributed by atoms with Gasteiger partial charge in [-0.15, -0.1) is 6.58 Å². The maximum Gasteiger partial charge on any atom is 0.408 e. The van der Waals surface area contributed by atoms with Crippen LogP contribution in [0.15, 0.2) is 12.7 Å². The van der Waals surface area contributed by atoms with E-state index in [4.69, 9.17) is 4.74 Å². The third-order valence-electron chi connectivity index (χ3n) is 3.69. The average molecular weight is 283 g/mol. The topological polar surface area (TPSA) is 75.6 Å². The quantitative estimate of drug-likeness (QED) is 0.761. The van der Waals surface area contributed by atoms with Crippen molar-refractivity contribution in [1.82, 2.24) is 5.32 Å². The predicted octanol–water partition coefficient (Wildman–Crippen LogP) is 2.96. The van der Waals surface area contributed by atoms with E-state index in [-0.39, 0.29) is 6.10 Å². The molecule has 2 N–H and O–H groups in total. The van der Waals surface area contributed by atoms with Gasteiger partial charge < -0.3 is 15.2 Å². The number of aliphatic carboxylic acids is 1. The molecule has 1 amide bonds. The van der Waals surface area contributed by atoms with Gasteiger partial charge in [0.25, 0.3) is 0 Å². The molecule has 0 heterocycles. The molecule has 0 bridgehead atoms. The van der Waals surface area contributed by atoms with Crippen LogP contribution in [-0.2, 0) is 9.53 Å². The molecule has 0 aliphatic heterocycles. The molecule has 0 spiro atoms. The van der Waals surface area contributed by atoms with Gasteiger partial charge in [0.2, 0.25) is 0 Å². The number of ether oxygens (including phenoxy) is 1. The Kier molecular flexibility index (Phi) is 5.60. The molecule has 114 valence electrons. The largest absolute Gasteiger partial charge is 0.480 e. The molecule has 1 fully saturated rings. The second-order valence-electron chi connectivity index (χ2n) is 6.44. The molecule has 0 saturated heterocycles. The monoisotopic (exact) mass is 283 g/mol. The van der Waals surface area contributed by atoms with Crippen LogP contribution in [0.4, 0.5) is 4.79 Å². The maximum atomic E-state index is 11.9. The summed E-state index contributed by atoms with van der Waals surface area (Å²) in [6.07, 6.45) is 4.75. The summed E-state index contributed by atoms with van der Waals surface area (Å²) in [5.41, 5.74) is -0.568. The Morgan fingerprint density at radius 3 is 2.60 bits per heavy atom. The van der Waals surface area contributed by atoms with Crippen molar-refractivity contribution >= 4 is 12.1 Å². The van der Waals surface area contributed by atoms with Crippen LogP contribution in [0, 0.1) is 11.3 Å². The van der Waals surface area contributed by atoms with Crippen LogP contribution in [0.5, 0.6) is 0 Å². The van der Waals surface area contributed by atoms with Crippen LogP contribution in [0.1, 0.15) is 46.5 Å². The van der Waals surface area contributed by atoms with Gasteiger partial charge in [-0.2, -0.15) is 0 Å². The Labute approximate surface area is 120 Å². The lowest BCUT2D eigenvalue weighted by atomic mass is 9.87. The minimum Gasteiger partial charge on any atom is -0.480 e. The molecule has 0 aromatic heterocycles. The average Bonchev–Trinajstić information content (AvgIpc) is 2.72. The first-order valence-electron chi connectivity index (χ1n) is 7.06. The number of hydrogen-bond acceptors (Lipinski definition) is 3. The van der Waals surface area contributed by atoms with Gasteiger partial charge in [-0.3, -0.25) is 0 Å². The fourth-order valence-corrected chi connectivity index (χ4v) is 2.58. The third-order valence-corrected chi connectivity index (χ3v) is 3.69. The summed E-state index contributed by atoms with van der Waals surface area (Å²) in [4.78, 5) is 23.1. The zero-order chi connectivity index (χ0) is 15.3. The lowest BCUT2D eigenvalue weighted by Crippen LogP contribution is -2.50. The Balaban J connectivity index is 2.58. The summed E-state index contributed by atoms with van der Waals surface area (Å²) < 4.78 is 5.39. The van der Waals surface area contributed by atoms with Crippen molar-refractivity contribution in [3.8, 4) is 0 Å². The first-order valence-corrected chi connectivity index (χ1v) is 7.06. The zero-order valence-corrected chi connectivity index (χ0v) is 12.5. The minimum absolute atomic E-state index is 0.137. The summed E-state index contributed by atoms with van der Waals surface area (Å²) in [5, 5.41) is 11.6. The van der Waals surface area contributed by atoms with Crippen molar-refractivity contribution in [2.75, 3.05) is 0 Å². The summed E-state index contributed by atoms with van der Waals surface area (Å²) in [6, 6.07) is -0.964. The van der Waals surface area contributed by atoms with Crippen molar-refractivity contribution < 1.29 is 19.4 Å². The summed E-state index contributed by atoms with van der Waals surface area (Å²) in [6.45, 7) is 9.01. The van der Waals surface area contributed by atoms with Crippen molar-refractivity contribution in [1.29, 1.82) is 0 Å². The number of nitrogens with one attached hydrogen (secondary N) is 1. The number of carbonyl (C=O) groups excluding carboxylic acids is 1. The molecule has 0 radical (unpaired) electrons. The zero-order valence-electron chi connectivity index (χ0n) is 12.5. The van der Waals surface area contributed by atoms with Crippen LogP contribution >= 0.6 is 0 Å². The Morgan fingerprint density at radius 2 is 2.10 bits per heavy atom. The van der Waals surface area contributed by atoms with Gasteiger partial charge >= 0.3 is 12.1 Å². The van der Waals surface area contributed by atoms with E-state index in [1.54, 1.807) is 20.8 Å². The highest BCUT2D eigenvalue weighted by Gasteiger charge is 2.35. The smallest absolute Gasteiger partial charge is 0.408 e. The molecule has 5 nitrogen and oxygen atoms in total. The van der Waals surface area contributed by atoms with E-state index in [0.717, 1.165) is 25.7 Å². The second kappa shape index (κ2) is 6.77. The van der Waals surface area contributed by atoms with Gasteiger partial charge in [-0.05, 0) is 37.0 Å². The van der Waals surface area contributed by atoms with E-state index in [0.29, 0.717) is 5.92 Å². The molecule has 0 aromatic rings. The molecule has 1 rings (SSSR count). The molecule has 0 unspecified atom stereocenters. The van der Waals surface area contributed by atoms with Crippen molar-refractivity contribution in [2.24, 2.45) is 11.3 Å². The van der Waals surface area contributed by atoms with Crippen LogP contribution in [0.25, 0.3) is 0 Å². The number of carbonyl (C=O) groups is 2. The molecule has 1 aliphatic carbocycles. The van der Waals surface area contributed by atoms with E-state index in [1.165, 1.54) is 0 Å². The number of alkyl carbamates (subject to hydrolysis) is 1. The number of amides is 1. The van der Waals surface area contributed by atoms with Gasteiger partial charge in [0.1, 0.15) is 12.1 Å². The Bertz CT molecular complexity index is 373. The highest BCUT2D eigenvalue weighted by atomic mass is 16.6. The highest BCUT2D eigenvalue weighted by Crippen LogP contribution is 2.31. The van der Waals surface area contributed by atoms with E-state index in [2.05, 4.69) is 11.9 Å². The van der Waals surface area contributed by atoms with Gasteiger partial charge in [-0.25, -0.2) is 9.59 Å². The van der Waals surface area contributed by atoms with E-state index in [1.807, 2.05) is 6.08 Å². The normalized spacial score (nSPS) is 23.9. The molecule has 5 heteroatoms. The second-order valence-corrected chi connectivity index (χ2v) is 6.44. The molecule has 3 atom stereocenters. The fraction of sp³-hybridized carbons (Fsp3) is 0.733. The summed E-state index contributed by atoms with van der Waals surface area (Å²) in [5.74, 6) is -0.750. The first-order chi connectivity index (χ1) is 9.25. The fourth-order valence-electron chi connectivity index (χ4n) is 2.58. The van der Waals surface area contributed by atoms with Gasteiger partial charge in [-0.1, -0.05) is 26.8 Å². The van der Waals surface area contributed by atoms with Crippen LogP contribution < -0.4 is 5.32 Å². The molecular formula is C15H25NO4. The number of carboxylic acids is 1. The van der Waals surface area contributed by atoms with Gasteiger partial charge in [0.15, 0.2) is 0 Å². The Hall–Kier alpha value is -1.52. The number of hydrogen-bond donors (Lipinski definition) is 2. The maximum absolute atomic E-state index is 11.9. The van der Waals surface area contributed by atoms with Gasteiger partial charge in [0, 0.05) is 0 Å². The number of rotatable bonds is 5. The molecule has 20 heavy (non-hydrogen) atoms. The summed E-state index contributed by atoms with van der Waals surface area (Å²) in [7, 11) is 0. The van der Waals surface area contributed by atoms with Gasteiger partial charge in [0.05, 0.1) is 0 Å². The van der Waals surface area contributed by atoms with Crippen LogP contribution in [0.2, 0.25) is 0 Å². The Morgan fingerprint density at radius 1 is 1.45 bits per heavy atom. The number of carboxylic acid groups (broad SMARTS) is 1. The molecule has 1 aliphatic rings. The SMILES string of the molecule is C=CC[C@@H]1CCC[C@H]1OC(=O)N[C@H](C(=O)O)C(C)(C)C. The molecule has 1 saturated carbocycles. The molecule has 0 aromatic carbocycles. The predicted molar refractivity (Wildman–Crippen MR) is 76.4 cm³/mol. The minimum atomic E-state index is -1.05. The highest BCUT2D eigenvalue weighted by molar-refractivity contribution is 5.80. The van der Waals surface area contributed by atoms with Crippen molar-refractivity contribution in [3.63, 3.8) is 0 Å². The van der Waals surface area contributed by atoms with Crippen LogP contribution in [0.3, 0.4) is 0 Å². The van der Waals surface area contributed by atoms with E-state index in [9.17, 15) is 14.7 Å². The van der Waals surface area contributed by atoms with Crippen molar-refractivity contribution in [2.45, 2.75) is 58.6 Å². The lowest BCUT2D eigenvalue weighted by Gasteiger charge is -2.28. The van der Waals surface area contributed by atoms with E-state index < -0.39 is 23.5 Å². The third kappa shape index (κ3) is 4.54. The first kappa shape index (κ1) is 16.5. The van der Waals surface area contributed by atoms with E-state index >= 15 is 0 Å². The lowest BCUT2D eigenvalue weighted by molar-refractivity contribution is -0.142. The standard InChI is InChI=1S/C15H25NO4/c1-5-7-10-8-6-9-11(10)20-14(19)16-12(13(17)18)15(2,3)4/h5,10-12H,1,6-9H2,2-4H3,(H,16,19)(H,17,18)/t10-,11-,12-/m1/s1. The summed E-state index contributed by atoms with van der Waals surface area (Å²) >= 11 is 0.